The number of ether oxygens (including phenoxy) is 3. The van der Waals surface area contributed by atoms with Gasteiger partial charge in [-0.05, 0) is 6.42 Å². The van der Waals surface area contributed by atoms with Crippen LogP contribution in [-0.2, 0) is 19.0 Å². The molecule has 1 aliphatic heterocycles. The molecule has 14 heavy (non-hydrogen) atoms. The van der Waals surface area contributed by atoms with E-state index in [1.807, 2.05) is 6.92 Å². The Morgan fingerprint density at radius 2 is 2.21 bits per heavy atom. The van der Waals surface area contributed by atoms with E-state index in [0.717, 1.165) is 6.42 Å². The lowest BCUT2D eigenvalue weighted by atomic mass is 10.1. The molecule has 0 spiro atoms. The summed E-state index contributed by atoms with van der Waals surface area (Å²) in [4.78, 5) is 10.9. The molecule has 80 valence electrons. The molecule has 0 aromatic rings. The summed E-state index contributed by atoms with van der Waals surface area (Å²) >= 11 is 0. The second-order valence-electron chi connectivity index (χ2n) is 3.06. The van der Waals surface area contributed by atoms with Gasteiger partial charge in [0.15, 0.2) is 6.29 Å². The minimum absolute atomic E-state index is 0.122. The molecule has 0 aliphatic carbocycles. The van der Waals surface area contributed by atoms with Gasteiger partial charge in [0.25, 0.3) is 0 Å². The van der Waals surface area contributed by atoms with Crippen LogP contribution in [0.1, 0.15) is 13.3 Å². The van der Waals surface area contributed by atoms with Crippen molar-refractivity contribution in [2.75, 3.05) is 20.3 Å². The fourth-order valence-electron chi connectivity index (χ4n) is 1.31. The molecule has 0 aromatic heterocycles. The second kappa shape index (κ2) is 5.78. The van der Waals surface area contributed by atoms with Gasteiger partial charge in [-0.15, -0.1) is 0 Å². The van der Waals surface area contributed by atoms with Crippen molar-refractivity contribution in [1.82, 2.24) is 0 Å². The number of carbonyl (C=O) groups excluding carboxylic acids is 1. The molecule has 0 radical (unpaired) electrons. The fourth-order valence-corrected chi connectivity index (χ4v) is 1.31. The molecule has 1 saturated heterocycles. The highest BCUT2D eigenvalue weighted by molar-refractivity contribution is 5.81. The van der Waals surface area contributed by atoms with E-state index in [0.29, 0.717) is 13.2 Å². The van der Waals surface area contributed by atoms with Crippen LogP contribution in [0.3, 0.4) is 0 Å². The minimum Gasteiger partial charge on any atom is -0.466 e. The van der Waals surface area contributed by atoms with Gasteiger partial charge in [-0.3, -0.25) is 0 Å². The predicted octanol–water partition coefficient (Wildman–Crippen LogP) is 1.11. The van der Waals surface area contributed by atoms with Crippen LogP contribution >= 0.6 is 0 Å². The average Bonchev–Trinajstić information content (AvgIpc) is 2.72. The van der Waals surface area contributed by atoms with Crippen molar-refractivity contribution in [2.24, 2.45) is 5.92 Å². The first-order valence-corrected chi connectivity index (χ1v) is 4.77. The monoisotopic (exact) mass is 200 g/mol. The van der Waals surface area contributed by atoms with Crippen molar-refractivity contribution in [3.63, 3.8) is 0 Å². The topological polar surface area (TPSA) is 44.8 Å². The van der Waals surface area contributed by atoms with Crippen molar-refractivity contribution < 1.29 is 19.0 Å². The molecule has 1 fully saturated rings. The molecule has 0 N–H and O–H groups in total. The Morgan fingerprint density at radius 3 is 2.71 bits per heavy atom. The molecule has 1 atom stereocenters. The Bertz CT molecular complexity index is 206. The van der Waals surface area contributed by atoms with Crippen molar-refractivity contribution in [3.8, 4) is 0 Å². The maximum atomic E-state index is 10.9. The minimum atomic E-state index is -0.346. The second-order valence-corrected chi connectivity index (χ2v) is 3.06. The fraction of sp³-hybridized carbons (Fsp3) is 0.700. The van der Waals surface area contributed by atoms with Crippen LogP contribution in [0.5, 0.6) is 0 Å². The first-order chi connectivity index (χ1) is 6.77. The van der Waals surface area contributed by atoms with Crippen LogP contribution in [0.15, 0.2) is 12.2 Å². The van der Waals surface area contributed by atoms with E-state index in [9.17, 15) is 4.79 Å². The molecule has 0 aromatic carbocycles. The number of methoxy groups -OCH3 is 1. The van der Waals surface area contributed by atoms with Crippen LogP contribution in [0.25, 0.3) is 0 Å². The van der Waals surface area contributed by atoms with E-state index in [1.165, 1.54) is 13.2 Å². The predicted molar refractivity (Wildman–Crippen MR) is 50.6 cm³/mol. The van der Waals surface area contributed by atoms with E-state index < -0.39 is 0 Å². The van der Waals surface area contributed by atoms with Gasteiger partial charge in [0.1, 0.15) is 0 Å². The lowest BCUT2D eigenvalue weighted by Crippen LogP contribution is -2.19. The summed E-state index contributed by atoms with van der Waals surface area (Å²) < 4.78 is 15.2. The molecule has 0 saturated carbocycles. The van der Waals surface area contributed by atoms with Gasteiger partial charge in [-0.25, -0.2) is 4.79 Å². The third-order valence-corrected chi connectivity index (χ3v) is 2.15. The summed E-state index contributed by atoms with van der Waals surface area (Å²) in [6, 6.07) is 0. The van der Waals surface area contributed by atoms with Crippen molar-refractivity contribution >= 4 is 5.97 Å². The third-order valence-electron chi connectivity index (χ3n) is 2.15. The molecule has 1 unspecified atom stereocenters. The summed E-state index contributed by atoms with van der Waals surface area (Å²) in [7, 11) is 1.36. The quantitative estimate of drug-likeness (QED) is 0.504. The van der Waals surface area contributed by atoms with Crippen LogP contribution in [0.2, 0.25) is 0 Å². The molecule has 0 amide bonds. The number of carbonyl (C=O) groups is 1. The Labute approximate surface area is 83.8 Å². The Kier molecular flexibility index (Phi) is 4.62. The summed E-state index contributed by atoms with van der Waals surface area (Å²) in [6.07, 6.45) is 3.86. The molecule has 1 aliphatic rings. The van der Waals surface area contributed by atoms with Crippen LogP contribution in [0.4, 0.5) is 0 Å². The Hall–Kier alpha value is -0.870. The standard InChI is InChI=1S/C10H16O4/c1-3-8(4-5-9(11)12-2)10-13-6-7-14-10/h4-5,8,10H,3,6-7H2,1-2H3/b5-4+. The van der Waals surface area contributed by atoms with Crippen LogP contribution < -0.4 is 0 Å². The van der Waals surface area contributed by atoms with Crippen molar-refractivity contribution in [1.29, 1.82) is 0 Å². The first-order valence-electron chi connectivity index (χ1n) is 4.77. The molecule has 0 bridgehead atoms. The zero-order valence-corrected chi connectivity index (χ0v) is 8.56. The van der Waals surface area contributed by atoms with Crippen LogP contribution in [0, 0.1) is 5.92 Å². The van der Waals surface area contributed by atoms with Crippen LogP contribution in [-0.4, -0.2) is 32.6 Å². The smallest absolute Gasteiger partial charge is 0.330 e. The maximum absolute atomic E-state index is 10.9. The zero-order chi connectivity index (χ0) is 10.4. The van der Waals surface area contributed by atoms with E-state index in [2.05, 4.69) is 4.74 Å². The summed E-state index contributed by atoms with van der Waals surface area (Å²) in [5.74, 6) is -0.224. The summed E-state index contributed by atoms with van der Waals surface area (Å²) in [5.41, 5.74) is 0. The molecule has 1 heterocycles. The van der Waals surface area contributed by atoms with E-state index in [-0.39, 0.29) is 18.2 Å². The number of rotatable bonds is 4. The molecular weight excluding hydrogens is 184 g/mol. The van der Waals surface area contributed by atoms with Gasteiger partial charge >= 0.3 is 5.97 Å². The molecule has 1 rings (SSSR count). The van der Waals surface area contributed by atoms with Crippen molar-refractivity contribution in [2.45, 2.75) is 19.6 Å². The van der Waals surface area contributed by atoms with Crippen molar-refractivity contribution in [3.05, 3.63) is 12.2 Å². The normalized spacial score (nSPS) is 20.1. The Morgan fingerprint density at radius 1 is 1.57 bits per heavy atom. The third kappa shape index (κ3) is 3.12. The van der Waals surface area contributed by atoms with E-state index in [1.54, 1.807) is 6.08 Å². The lowest BCUT2D eigenvalue weighted by Gasteiger charge is -2.16. The lowest BCUT2D eigenvalue weighted by molar-refractivity contribution is -0.134. The van der Waals surface area contributed by atoms with Gasteiger partial charge in [-0.1, -0.05) is 13.0 Å². The Balaban J connectivity index is 2.44. The van der Waals surface area contributed by atoms with Gasteiger partial charge in [0.2, 0.25) is 0 Å². The number of esters is 1. The maximum Gasteiger partial charge on any atom is 0.330 e. The highest BCUT2D eigenvalue weighted by Crippen LogP contribution is 2.19. The average molecular weight is 200 g/mol. The highest BCUT2D eigenvalue weighted by atomic mass is 16.7. The first kappa shape index (κ1) is 11.2. The van der Waals surface area contributed by atoms with E-state index >= 15 is 0 Å². The molecule has 4 nitrogen and oxygen atoms in total. The zero-order valence-electron chi connectivity index (χ0n) is 8.56. The van der Waals surface area contributed by atoms with E-state index in [4.69, 9.17) is 9.47 Å². The largest absolute Gasteiger partial charge is 0.466 e. The molecular formula is C10H16O4. The van der Waals surface area contributed by atoms with Gasteiger partial charge in [-0.2, -0.15) is 0 Å². The highest BCUT2D eigenvalue weighted by Gasteiger charge is 2.23. The van der Waals surface area contributed by atoms with Gasteiger partial charge in [0, 0.05) is 12.0 Å². The SMILES string of the molecule is CCC(/C=C/C(=O)OC)C1OCCO1. The number of hydrogen-bond donors (Lipinski definition) is 0. The molecule has 4 heteroatoms. The summed E-state index contributed by atoms with van der Waals surface area (Å²) in [6.45, 7) is 3.29. The van der Waals surface area contributed by atoms with Gasteiger partial charge < -0.3 is 14.2 Å². The van der Waals surface area contributed by atoms with Gasteiger partial charge in [0.05, 0.1) is 20.3 Å². The summed E-state index contributed by atoms with van der Waals surface area (Å²) in [5, 5.41) is 0. The number of hydrogen-bond acceptors (Lipinski definition) is 4.